The maximum atomic E-state index is 2.37. The SMILES string of the molecule is CCC[Si](CCC)[Si](CCC)CCC. The molecule has 0 rings (SSSR count). The van der Waals surface area contributed by atoms with Crippen LogP contribution < -0.4 is 0 Å². The van der Waals surface area contributed by atoms with Gasteiger partial charge in [0.15, 0.2) is 0 Å². The van der Waals surface area contributed by atoms with E-state index in [1.807, 2.05) is 0 Å². The maximum absolute atomic E-state index is 2.37. The Morgan fingerprint density at radius 3 is 0.857 bits per heavy atom. The van der Waals surface area contributed by atoms with Gasteiger partial charge in [-0.3, -0.25) is 0 Å². The van der Waals surface area contributed by atoms with Gasteiger partial charge < -0.3 is 0 Å². The molecule has 0 amide bonds. The van der Waals surface area contributed by atoms with Crippen LogP contribution in [0.15, 0.2) is 0 Å². The van der Waals surface area contributed by atoms with Gasteiger partial charge in [0.1, 0.15) is 0 Å². The van der Waals surface area contributed by atoms with Crippen LogP contribution in [-0.4, -0.2) is 16.6 Å². The molecule has 14 heavy (non-hydrogen) atoms. The van der Waals surface area contributed by atoms with Crippen molar-refractivity contribution in [2.24, 2.45) is 0 Å². The summed E-state index contributed by atoms with van der Waals surface area (Å²) in [6.07, 6.45) is 5.76. The third kappa shape index (κ3) is 6.02. The first-order valence-corrected chi connectivity index (χ1v) is 11.3. The van der Waals surface area contributed by atoms with Crippen LogP contribution in [-0.2, 0) is 0 Å². The molecular weight excluding hydrogens is 200 g/mol. The van der Waals surface area contributed by atoms with Crippen molar-refractivity contribution in [2.75, 3.05) is 0 Å². The molecule has 0 nitrogen and oxygen atoms in total. The van der Waals surface area contributed by atoms with Gasteiger partial charge in [-0.15, -0.1) is 0 Å². The Kier molecular flexibility index (Phi) is 10.3. The number of hydrogen-bond donors (Lipinski definition) is 0. The summed E-state index contributed by atoms with van der Waals surface area (Å²) < 4.78 is 0. The van der Waals surface area contributed by atoms with E-state index in [0.29, 0.717) is 0 Å². The van der Waals surface area contributed by atoms with E-state index in [-0.39, 0.29) is 16.6 Å². The van der Waals surface area contributed by atoms with Crippen LogP contribution in [0.1, 0.15) is 53.4 Å². The van der Waals surface area contributed by atoms with Gasteiger partial charge in [-0.1, -0.05) is 77.6 Å². The fourth-order valence-electron chi connectivity index (χ4n) is 2.16. The Labute approximate surface area is 94.5 Å². The molecule has 0 bridgehead atoms. The summed E-state index contributed by atoms with van der Waals surface area (Å²) in [4.78, 5) is 0. The van der Waals surface area contributed by atoms with E-state index in [1.165, 1.54) is 25.7 Å². The highest BCUT2D eigenvalue weighted by Gasteiger charge is 2.21. The van der Waals surface area contributed by atoms with Gasteiger partial charge in [0, 0.05) is 16.6 Å². The lowest BCUT2D eigenvalue weighted by Crippen LogP contribution is -2.34. The Balaban J connectivity index is 4.06. The highest BCUT2D eigenvalue weighted by Crippen LogP contribution is 2.17. The van der Waals surface area contributed by atoms with Crippen molar-refractivity contribution in [2.45, 2.75) is 77.6 Å². The summed E-state index contributed by atoms with van der Waals surface area (Å²) >= 11 is 0. The summed E-state index contributed by atoms with van der Waals surface area (Å²) in [6.45, 7) is 9.49. The average Bonchev–Trinajstić information content (AvgIpc) is 2.17. The molecule has 0 unspecified atom stereocenters. The molecule has 0 spiro atoms. The summed E-state index contributed by atoms with van der Waals surface area (Å²) in [6, 6.07) is 6.42. The fraction of sp³-hybridized carbons (Fsp3) is 1.00. The van der Waals surface area contributed by atoms with Crippen LogP contribution >= 0.6 is 0 Å². The van der Waals surface area contributed by atoms with Crippen LogP contribution in [0.2, 0.25) is 24.2 Å². The molecule has 0 atom stereocenters. The predicted octanol–water partition coefficient (Wildman–Crippen LogP) is 4.69. The molecule has 0 saturated carbocycles. The van der Waals surface area contributed by atoms with Crippen molar-refractivity contribution in [3.8, 4) is 0 Å². The van der Waals surface area contributed by atoms with Crippen molar-refractivity contribution in [1.29, 1.82) is 0 Å². The lowest BCUT2D eigenvalue weighted by molar-refractivity contribution is 0.990. The first-order chi connectivity index (χ1) is 6.79. The van der Waals surface area contributed by atoms with Gasteiger partial charge in [-0.25, -0.2) is 0 Å². The Bertz CT molecular complexity index is 88.9. The van der Waals surface area contributed by atoms with E-state index in [0.717, 1.165) is 0 Å². The zero-order chi connectivity index (χ0) is 10.8. The van der Waals surface area contributed by atoms with Crippen molar-refractivity contribution in [3.05, 3.63) is 0 Å². The van der Waals surface area contributed by atoms with E-state index >= 15 is 0 Å². The highest BCUT2D eigenvalue weighted by molar-refractivity contribution is 7.22. The van der Waals surface area contributed by atoms with E-state index in [4.69, 9.17) is 0 Å². The molecule has 0 aliphatic rings. The Morgan fingerprint density at radius 1 is 0.500 bits per heavy atom. The lowest BCUT2D eigenvalue weighted by atomic mass is 10.6. The largest absolute Gasteiger partial charge is 0.0657 e. The predicted molar refractivity (Wildman–Crippen MR) is 71.9 cm³/mol. The molecule has 0 N–H and O–H groups in total. The van der Waals surface area contributed by atoms with Gasteiger partial charge in [0.25, 0.3) is 0 Å². The second kappa shape index (κ2) is 9.97. The summed E-state index contributed by atoms with van der Waals surface area (Å²) in [7, 11) is 0.184. The zero-order valence-corrected chi connectivity index (χ0v) is 12.7. The Hall–Kier alpha value is 0.434. The van der Waals surface area contributed by atoms with Crippen LogP contribution in [0.25, 0.3) is 0 Å². The van der Waals surface area contributed by atoms with E-state index in [9.17, 15) is 0 Å². The van der Waals surface area contributed by atoms with Crippen LogP contribution in [0.5, 0.6) is 0 Å². The minimum atomic E-state index is 0.0918. The number of rotatable bonds is 9. The van der Waals surface area contributed by atoms with E-state index in [2.05, 4.69) is 27.7 Å². The van der Waals surface area contributed by atoms with E-state index in [1.54, 1.807) is 24.2 Å². The molecular formula is C12H28Si2. The molecule has 84 valence electrons. The van der Waals surface area contributed by atoms with Crippen LogP contribution in [0.3, 0.4) is 0 Å². The molecule has 0 aromatic rings. The van der Waals surface area contributed by atoms with Gasteiger partial charge in [-0.2, -0.15) is 0 Å². The highest BCUT2D eigenvalue weighted by atomic mass is 29.2. The van der Waals surface area contributed by atoms with Gasteiger partial charge in [0.05, 0.1) is 0 Å². The second-order valence-corrected chi connectivity index (χ2v) is 12.9. The first kappa shape index (κ1) is 14.4. The molecule has 0 aliphatic heterocycles. The maximum Gasteiger partial charge on any atom is 0.0377 e. The minimum absolute atomic E-state index is 0.0918. The van der Waals surface area contributed by atoms with Crippen molar-refractivity contribution < 1.29 is 0 Å². The molecule has 0 saturated heterocycles. The van der Waals surface area contributed by atoms with E-state index < -0.39 is 0 Å². The molecule has 0 fully saturated rings. The molecule has 0 aromatic heterocycles. The van der Waals surface area contributed by atoms with Gasteiger partial charge in [0.2, 0.25) is 0 Å². The normalized spacial score (nSPS) is 11.6. The molecule has 2 radical (unpaired) electrons. The lowest BCUT2D eigenvalue weighted by Gasteiger charge is -2.23. The summed E-state index contributed by atoms with van der Waals surface area (Å²) in [5, 5.41) is 0. The fourth-order valence-corrected chi connectivity index (χ4v) is 13.7. The monoisotopic (exact) mass is 228 g/mol. The molecule has 0 aromatic carbocycles. The van der Waals surface area contributed by atoms with Crippen molar-refractivity contribution >= 4 is 16.6 Å². The smallest absolute Gasteiger partial charge is 0.0377 e. The van der Waals surface area contributed by atoms with Crippen molar-refractivity contribution in [1.82, 2.24) is 0 Å². The molecule has 0 aliphatic carbocycles. The standard InChI is InChI=1S/C12H28Si2/c1-5-9-13(10-6-2)14(11-7-3)12-8-4/h5-12H2,1-4H3. The number of hydrogen-bond acceptors (Lipinski definition) is 0. The van der Waals surface area contributed by atoms with Crippen LogP contribution in [0, 0.1) is 0 Å². The van der Waals surface area contributed by atoms with Gasteiger partial charge >= 0.3 is 0 Å². The Morgan fingerprint density at radius 2 is 0.714 bits per heavy atom. The van der Waals surface area contributed by atoms with Gasteiger partial charge in [-0.05, 0) is 0 Å². The minimum Gasteiger partial charge on any atom is -0.0657 e. The van der Waals surface area contributed by atoms with Crippen molar-refractivity contribution in [3.63, 3.8) is 0 Å². The zero-order valence-electron chi connectivity index (χ0n) is 10.7. The summed E-state index contributed by atoms with van der Waals surface area (Å²) in [5.41, 5.74) is 0. The third-order valence-corrected chi connectivity index (χ3v) is 14.1. The molecule has 2 heteroatoms. The quantitative estimate of drug-likeness (QED) is 0.502. The first-order valence-electron chi connectivity index (χ1n) is 6.49. The summed E-state index contributed by atoms with van der Waals surface area (Å²) in [5.74, 6) is 0. The second-order valence-electron chi connectivity index (χ2n) is 4.21. The topological polar surface area (TPSA) is 0 Å². The third-order valence-electron chi connectivity index (χ3n) is 2.71. The average molecular weight is 229 g/mol. The molecule has 0 heterocycles. The van der Waals surface area contributed by atoms with Crippen LogP contribution in [0.4, 0.5) is 0 Å².